The molecule has 0 aliphatic heterocycles. The number of hydrogen-bond acceptors (Lipinski definition) is 4. The van der Waals surface area contributed by atoms with E-state index in [0.717, 1.165) is 28.9 Å². The van der Waals surface area contributed by atoms with Gasteiger partial charge in [0.15, 0.2) is 5.96 Å². The third-order valence-electron chi connectivity index (χ3n) is 4.89. The summed E-state index contributed by atoms with van der Waals surface area (Å²) < 4.78 is 3.09. The molecule has 2 aromatic heterocycles. The van der Waals surface area contributed by atoms with Gasteiger partial charge in [0.2, 0.25) is 0 Å². The maximum atomic E-state index is 10.6. The van der Waals surface area contributed by atoms with Crippen LogP contribution in [-0.2, 0) is 13.1 Å². The van der Waals surface area contributed by atoms with E-state index in [2.05, 4.69) is 58.2 Å². The number of guanidine groups is 1. The Hall–Kier alpha value is -3.16. The first-order chi connectivity index (χ1) is 15.2. The van der Waals surface area contributed by atoms with E-state index in [9.17, 15) is 5.11 Å². The second-order valence-corrected chi connectivity index (χ2v) is 8.42. The van der Waals surface area contributed by atoms with Gasteiger partial charge in [0, 0.05) is 35.1 Å². The highest BCUT2D eigenvalue weighted by Crippen LogP contribution is 2.29. The van der Waals surface area contributed by atoms with Crippen LogP contribution in [0.15, 0.2) is 78.0 Å². The monoisotopic (exact) mass is 433 g/mol. The van der Waals surface area contributed by atoms with Crippen molar-refractivity contribution in [3.05, 3.63) is 89.1 Å². The molecular formula is C24H27N5OS. The summed E-state index contributed by atoms with van der Waals surface area (Å²) in [5.74, 6) is 0.695. The summed E-state index contributed by atoms with van der Waals surface area (Å²) in [5, 5.41) is 22.6. The molecule has 0 bridgehead atoms. The van der Waals surface area contributed by atoms with Crippen LogP contribution in [0.2, 0.25) is 0 Å². The SMILES string of the molecule is CCNC(=NCc1cccc(Cn2cccn2)c1)NCC(O)c1cc2ccccc2s1. The van der Waals surface area contributed by atoms with Gasteiger partial charge in [-0.2, -0.15) is 5.10 Å². The van der Waals surface area contributed by atoms with E-state index in [1.54, 1.807) is 17.5 Å². The Labute approximate surface area is 186 Å². The minimum Gasteiger partial charge on any atom is -0.386 e. The van der Waals surface area contributed by atoms with Crippen LogP contribution in [0.1, 0.15) is 29.0 Å². The highest BCUT2D eigenvalue weighted by Gasteiger charge is 2.12. The summed E-state index contributed by atoms with van der Waals surface area (Å²) >= 11 is 1.63. The zero-order chi connectivity index (χ0) is 21.5. The molecule has 31 heavy (non-hydrogen) atoms. The number of aliphatic imine (C=N–C) groups is 1. The summed E-state index contributed by atoms with van der Waals surface area (Å²) in [4.78, 5) is 5.65. The van der Waals surface area contributed by atoms with Crippen LogP contribution >= 0.6 is 11.3 Å². The molecule has 0 radical (unpaired) electrons. The quantitative estimate of drug-likeness (QED) is 0.291. The van der Waals surface area contributed by atoms with E-state index in [0.29, 0.717) is 19.0 Å². The second-order valence-electron chi connectivity index (χ2n) is 7.30. The van der Waals surface area contributed by atoms with Crippen molar-refractivity contribution >= 4 is 27.4 Å². The van der Waals surface area contributed by atoms with Crippen molar-refractivity contribution < 1.29 is 5.11 Å². The van der Waals surface area contributed by atoms with E-state index in [4.69, 9.17) is 4.99 Å². The molecule has 160 valence electrons. The molecule has 0 fully saturated rings. The van der Waals surface area contributed by atoms with Crippen molar-refractivity contribution in [3.63, 3.8) is 0 Å². The molecule has 2 heterocycles. The van der Waals surface area contributed by atoms with Gasteiger partial charge in [-0.1, -0.05) is 42.5 Å². The van der Waals surface area contributed by atoms with Gasteiger partial charge in [-0.05, 0) is 41.6 Å². The lowest BCUT2D eigenvalue weighted by molar-refractivity contribution is 0.184. The van der Waals surface area contributed by atoms with Crippen LogP contribution in [0, 0.1) is 0 Å². The molecule has 1 atom stereocenters. The van der Waals surface area contributed by atoms with Crippen LogP contribution in [0.4, 0.5) is 0 Å². The van der Waals surface area contributed by atoms with Crippen molar-refractivity contribution in [3.8, 4) is 0 Å². The fourth-order valence-electron chi connectivity index (χ4n) is 3.38. The highest BCUT2D eigenvalue weighted by atomic mass is 32.1. The maximum Gasteiger partial charge on any atom is 0.191 e. The molecule has 3 N–H and O–H groups in total. The predicted octanol–water partition coefficient (Wildman–Crippen LogP) is 3.93. The molecule has 4 rings (SSSR count). The van der Waals surface area contributed by atoms with Gasteiger partial charge in [0.1, 0.15) is 6.10 Å². The van der Waals surface area contributed by atoms with Crippen LogP contribution in [0.3, 0.4) is 0 Å². The first-order valence-corrected chi connectivity index (χ1v) is 11.3. The number of fused-ring (bicyclic) bond motifs is 1. The molecular weight excluding hydrogens is 406 g/mol. The average Bonchev–Trinajstić information content (AvgIpc) is 3.45. The van der Waals surface area contributed by atoms with Crippen molar-refractivity contribution in [1.82, 2.24) is 20.4 Å². The van der Waals surface area contributed by atoms with Crippen molar-refractivity contribution in [2.24, 2.45) is 4.99 Å². The number of hydrogen-bond donors (Lipinski definition) is 3. The number of benzene rings is 2. The van der Waals surface area contributed by atoms with E-state index < -0.39 is 6.10 Å². The van der Waals surface area contributed by atoms with Gasteiger partial charge < -0.3 is 15.7 Å². The number of nitrogens with one attached hydrogen (secondary N) is 2. The molecule has 6 nitrogen and oxygen atoms in total. The third kappa shape index (κ3) is 5.71. The minimum absolute atomic E-state index is 0.401. The minimum atomic E-state index is -0.585. The van der Waals surface area contributed by atoms with Gasteiger partial charge >= 0.3 is 0 Å². The van der Waals surface area contributed by atoms with Crippen LogP contribution in [0.5, 0.6) is 0 Å². The van der Waals surface area contributed by atoms with Gasteiger partial charge in [-0.3, -0.25) is 4.68 Å². The summed E-state index contributed by atoms with van der Waals surface area (Å²) in [5.41, 5.74) is 2.32. The van der Waals surface area contributed by atoms with Crippen molar-refractivity contribution in [2.45, 2.75) is 26.1 Å². The normalized spacial score (nSPS) is 12.8. The molecule has 0 spiro atoms. The lowest BCUT2D eigenvalue weighted by Gasteiger charge is -2.14. The standard InChI is InChI=1S/C24H27N5OS/c1-2-25-24(27-16-21(30)23-14-20-9-3-4-10-22(20)31-23)26-15-18-7-5-8-19(13-18)17-29-12-6-11-28-29/h3-14,21,30H,2,15-17H2,1H3,(H2,25,26,27). The van der Waals surface area contributed by atoms with Crippen molar-refractivity contribution in [2.75, 3.05) is 13.1 Å². The fraction of sp³-hybridized carbons (Fsp3) is 0.250. The first kappa shape index (κ1) is 21.1. The summed E-state index contributed by atoms with van der Waals surface area (Å²) in [6, 6.07) is 20.5. The van der Waals surface area contributed by atoms with Gasteiger partial charge in [0.25, 0.3) is 0 Å². The third-order valence-corrected chi connectivity index (χ3v) is 6.11. The molecule has 0 aliphatic carbocycles. The fourth-order valence-corrected chi connectivity index (χ4v) is 4.43. The van der Waals surface area contributed by atoms with Gasteiger partial charge in [-0.25, -0.2) is 4.99 Å². The van der Waals surface area contributed by atoms with Crippen molar-refractivity contribution in [1.29, 1.82) is 0 Å². The summed E-state index contributed by atoms with van der Waals surface area (Å²) in [6.45, 7) is 4.48. The number of thiophene rings is 1. The zero-order valence-corrected chi connectivity index (χ0v) is 18.3. The Balaban J connectivity index is 1.37. The number of aromatic nitrogens is 2. The van der Waals surface area contributed by atoms with Gasteiger partial charge in [0.05, 0.1) is 13.1 Å². The number of nitrogens with zero attached hydrogens (tertiary/aromatic N) is 3. The molecule has 0 aliphatic rings. The number of aliphatic hydroxyl groups is 1. The predicted molar refractivity (Wildman–Crippen MR) is 127 cm³/mol. The lowest BCUT2D eigenvalue weighted by Crippen LogP contribution is -2.39. The van der Waals surface area contributed by atoms with Crippen LogP contribution in [0.25, 0.3) is 10.1 Å². The molecule has 0 saturated heterocycles. The Bertz CT molecular complexity index is 1100. The smallest absolute Gasteiger partial charge is 0.191 e. The molecule has 1 unspecified atom stereocenters. The summed E-state index contributed by atoms with van der Waals surface area (Å²) in [7, 11) is 0. The zero-order valence-electron chi connectivity index (χ0n) is 17.5. The van der Waals surface area contributed by atoms with E-state index in [1.807, 2.05) is 36.0 Å². The topological polar surface area (TPSA) is 74.5 Å². The lowest BCUT2D eigenvalue weighted by atomic mass is 10.1. The number of aliphatic hydroxyl groups excluding tert-OH is 1. The Morgan fingerprint density at radius 1 is 1.10 bits per heavy atom. The maximum absolute atomic E-state index is 10.6. The Morgan fingerprint density at radius 3 is 2.77 bits per heavy atom. The van der Waals surface area contributed by atoms with Crippen LogP contribution < -0.4 is 10.6 Å². The van der Waals surface area contributed by atoms with Gasteiger partial charge in [-0.15, -0.1) is 11.3 Å². The second kappa shape index (κ2) is 10.2. The Morgan fingerprint density at radius 2 is 1.97 bits per heavy atom. The average molecular weight is 434 g/mol. The first-order valence-electron chi connectivity index (χ1n) is 10.4. The molecule has 0 amide bonds. The molecule has 2 aromatic carbocycles. The molecule has 7 heteroatoms. The number of rotatable bonds is 8. The Kier molecular flexibility index (Phi) is 6.96. The van der Waals surface area contributed by atoms with E-state index in [1.165, 1.54) is 10.3 Å². The summed E-state index contributed by atoms with van der Waals surface area (Å²) in [6.07, 6.45) is 3.16. The molecule has 0 saturated carbocycles. The molecule has 4 aromatic rings. The largest absolute Gasteiger partial charge is 0.386 e. The van der Waals surface area contributed by atoms with Crippen LogP contribution in [-0.4, -0.2) is 33.9 Å². The van der Waals surface area contributed by atoms with E-state index >= 15 is 0 Å². The highest BCUT2D eigenvalue weighted by molar-refractivity contribution is 7.19. The van der Waals surface area contributed by atoms with E-state index in [-0.39, 0.29) is 0 Å².